The molecule has 2 heterocycles. The van der Waals surface area contributed by atoms with Gasteiger partial charge in [-0.15, -0.1) is 0 Å². The Kier molecular flexibility index (Phi) is 3.41. The zero-order chi connectivity index (χ0) is 12.3. The van der Waals surface area contributed by atoms with Crippen molar-refractivity contribution in [1.82, 2.24) is 9.88 Å². The second-order valence-corrected chi connectivity index (χ2v) is 3.88. The molecule has 0 saturated carbocycles. The van der Waals surface area contributed by atoms with E-state index in [4.69, 9.17) is 9.84 Å². The number of likely N-dealkylation sites (tertiary alicyclic amines) is 1. The SMILES string of the molecule is O=C(O)N1CCC(Oc2ncccc2F)CC1. The Hall–Kier alpha value is -1.85. The quantitative estimate of drug-likeness (QED) is 0.855. The van der Waals surface area contributed by atoms with E-state index < -0.39 is 11.9 Å². The van der Waals surface area contributed by atoms with Gasteiger partial charge in [-0.1, -0.05) is 0 Å². The zero-order valence-corrected chi connectivity index (χ0v) is 9.17. The first-order valence-corrected chi connectivity index (χ1v) is 5.42. The Morgan fingerprint density at radius 2 is 2.24 bits per heavy atom. The van der Waals surface area contributed by atoms with E-state index in [1.165, 1.54) is 23.2 Å². The molecule has 0 atom stereocenters. The van der Waals surface area contributed by atoms with Crippen LogP contribution in [0, 0.1) is 5.82 Å². The van der Waals surface area contributed by atoms with E-state index in [-0.39, 0.29) is 12.0 Å². The number of nitrogens with zero attached hydrogens (tertiary/aromatic N) is 2. The average molecular weight is 240 g/mol. The van der Waals surface area contributed by atoms with E-state index in [2.05, 4.69) is 4.98 Å². The number of ether oxygens (including phenoxy) is 1. The Balaban J connectivity index is 1.90. The van der Waals surface area contributed by atoms with Crippen molar-refractivity contribution in [3.05, 3.63) is 24.1 Å². The first kappa shape index (κ1) is 11.6. The van der Waals surface area contributed by atoms with E-state index in [1.54, 1.807) is 0 Å². The fourth-order valence-corrected chi connectivity index (χ4v) is 1.78. The number of halogens is 1. The lowest BCUT2D eigenvalue weighted by molar-refractivity contribution is 0.0845. The Bertz CT molecular complexity index is 405. The number of pyridine rings is 1. The van der Waals surface area contributed by atoms with Crippen LogP contribution in [-0.2, 0) is 0 Å². The van der Waals surface area contributed by atoms with E-state index in [0.717, 1.165) is 0 Å². The maximum absolute atomic E-state index is 13.3. The molecule has 1 aromatic heterocycles. The topological polar surface area (TPSA) is 62.7 Å². The molecular formula is C11H13FN2O3. The van der Waals surface area contributed by atoms with Gasteiger partial charge in [0, 0.05) is 32.1 Å². The molecule has 1 fully saturated rings. The fourth-order valence-electron chi connectivity index (χ4n) is 1.78. The largest absolute Gasteiger partial charge is 0.472 e. The number of aromatic nitrogens is 1. The molecule has 1 aliphatic rings. The summed E-state index contributed by atoms with van der Waals surface area (Å²) in [4.78, 5) is 15.8. The van der Waals surface area contributed by atoms with Crippen LogP contribution in [0.3, 0.4) is 0 Å². The number of piperidine rings is 1. The van der Waals surface area contributed by atoms with E-state index in [0.29, 0.717) is 25.9 Å². The van der Waals surface area contributed by atoms with E-state index in [9.17, 15) is 9.18 Å². The molecule has 1 amide bonds. The smallest absolute Gasteiger partial charge is 0.407 e. The highest BCUT2D eigenvalue weighted by molar-refractivity contribution is 5.65. The van der Waals surface area contributed by atoms with Gasteiger partial charge in [0.25, 0.3) is 5.88 Å². The van der Waals surface area contributed by atoms with E-state index in [1.807, 2.05) is 0 Å². The molecule has 0 aliphatic carbocycles. The number of rotatable bonds is 2. The third-order valence-corrected chi connectivity index (χ3v) is 2.72. The van der Waals surface area contributed by atoms with Crippen LogP contribution in [0.15, 0.2) is 18.3 Å². The summed E-state index contributed by atoms with van der Waals surface area (Å²) in [5, 5.41) is 8.77. The van der Waals surface area contributed by atoms with Crippen molar-refractivity contribution in [2.75, 3.05) is 13.1 Å². The summed E-state index contributed by atoms with van der Waals surface area (Å²) >= 11 is 0. The van der Waals surface area contributed by atoms with Crippen molar-refractivity contribution in [3.8, 4) is 5.88 Å². The van der Waals surface area contributed by atoms with Crippen LogP contribution in [0.5, 0.6) is 5.88 Å². The average Bonchev–Trinajstić information content (AvgIpc) is 2.33. The van der Waals surface area contributed by atoms with Gasteiger partial charge in [-0.05, 0) is 12.1 Å². The third-order valence-electron chi connectivity index (χ3n) is 2.72. The van der Waals surface area contributed by atoms with Crippen molar-refractivity contribution in [2.24, 2.45) is 0 Å². The van der Waals surface area contributed by atoms with Crippen molar-refractivity contribution >= 4 is 6.09 Å². The van der Waals surface area contributed by atoms with Crippen LogP contribution in [0.4, 0.5) is 9.18 Å². The molecule has 2 rings (SSSR count). The normalized spacial score (nSPS) is 16.9. The maximum Gasteiger partial charge on any atom is 0.407 e. The summed E-state index contributed by atoms with van der Waals surface area (Å²) in [7, 11) is 0. The van der Waals surface area contributed by atoms with Gasteiger partial charge in [0.15, 0.2) is 5.82 Å². The van der Waals surface area contributed by atoms with Crippen LogP contribution in [-0.4, -0.2) is 40.3 Å². The summed E-state index contributed by atoms with van der Waals surface area (Å²) in [6.07, 6.45) is 1.48. The molecule has 0 radical (unpaired) electrons. The lowest BCUT2D eigenvalue weighted by Gasteiger charge is -2.29. The second-order valence-electron chi connectivity index (χ2n) is 3.88. The predicted octanol–water partition coefficient (Wildman–Crippen LogP) is 1.74. The molecule has 0 bridgehead atoms. The molecule has 6 heteroatoms. The summed E-state index contributed by atoms with van der Waals surface area (Å²) < 4.78 is 18.7. The molecule has 0 unspecified atom stereocenters. The Morgan fingerprint density at radius 1 is 1.53 bits per heavy atom. The first-order chi connectivity index (χ1) is 8.16. The standard InChI is InChI=1S/C11H13FN2O3/c12-9-2-1-5-13-10(9)17-8-3-6-14(7-4-8)11(15)16/h1-2,5,8H,3-4,6-7H2,(H,15,16). The number of hydrogen-bond acceptors (Lipinski definition) is 3. The third kappa shape index (κ3) is 2.83. The molecular weight excluding hydrogens is 227 g/mol. The molecule has 1 aromatic rings. The number of amides is 1. The van der Waals surface area contributed by atoms with Crippen molar-refractivity contribution in [2.45, 2.75) is 18.9 Å². The highest BCUT2D eigenvalue weighted by Gasteiger charge is 2.24. The van der Waals surface area contributed by atoms with Crippen LogP contribution in [0.25, 0.3) is 0 Å². The van der Waals surface area contributed by atoms with E-state index >= 15 is 0 Å². The monoisotopic (exact) mass is 240 g/mol. The lowest BCUT2D eigenvalue weighted by Crippen LogP contribution is -2.41. The predicted molar refractivity (Wildman–Crippen MR) is 57.4 cm³/mol. The van der Waals surface area contributed by atoms with Crippen molar-refractivity contribution in [1.29, 1.82) is 0 Å². The molecule has 0 spiro atoms. The van der Waals surface area contributed by atoms with Gasteiger partial charge in [0.05, 0.1) is 0 Å². The Labute approximate surface area is 97.8 Å². The Morgan fingerprint density at radius 3 is 2.82 bits per heavy atom. The van der Waals surface area contributed by atoms with Gasteiger partial charge in [-0.2, -0.15) is 0 Å². The van der Waals surface area contributed by atoms with Gasteiger partial charge in [-0.25, -0.2) is 14.2 Å². The molecule has 1 aliphatic heterocycles. The number of hydrogen-bond donors (Lipinski definition) is 1. The summed E-state index contributed by atoms with van der Waals surface area (Å²) in [6.45, 7) is 0.822. The molecule has 1 saturated heterocycles. The maximum atomic E-state index is 13.3. The zero-order valence-electron chi connectivity index (χ0n) is 9.17. The second kappa shape index (κ2) is 4.99. The highest BCUT2D eigenvalue weighted by atomic mass is 19.1. The molecule has 5 nitrogen and oxygen atoms in total. The molecule has 17 heavy (non-hydrogen) atoms. The fraction of sp³-hybridized carbons (Fsp3) is 0.455. The van der Waals surface area contributed by atoms with Crippen LogP contribution in [0.2, 0.25) is 0 Å². The minimum atomic E-state index is -0.924. The van der Waals surface area contributed by atoms with Crippen molar-refractivity contribution in [3.63, 3.8) is 0 Å². The van der Waals surface area contributed by atoms with Crippen LogP contribution >= 0.6 is 0 Å². The number of carboxylic acid groups (broad SMARTS) is 1. The lowest BCUT2D eigenvalue weighted by atomic mass is 10.1. The van der Waals surface area contributed by atoms with Gasteiger partial charge in [-0.3, -0.25) is 0 Å². The van der Waals surface area contributed by atoms with Gasteiger partial charge >= 0.3 is 6.09 Å². The highest BCUT2D eigenvalue weighted by Crippen LogP contribution is 2.19. The summed E-state index contributed by atoms with van der Waals surface area (Å²) in [5.41, 5.74) is 0. The minimum absolute atomic E-state index is 0.0127. The van der Waals surface area contributed by atoms with Crippen LogP contribution < -0.4 is 4.74 Å². The van der Waals surface area contributed by atoms with Crippen molar-refractivity contribution < 1.29 is 19.0 Å². The molecule has 92 valence electrons. The van der Waals surface area contributed by atoms with Gasteiger partial charge in [0.1, 0.15) is 6.10 Å². The summed E-state index contributed by atoms with van der Waals surface area (Å²) in [6, 6.07) is 2.78. The molecule has 0 aromatic carbocycles. The minimum Gasteiger partial charge on any atom is -0.472 e. The summed E-state index contributed by atoms with van der Waals surface area (Å²) in [5.74, 6) is -0.505. The first-order valence-electron chi connectivity index (χ1n) is 5.42. The van der Waals surface area contributed by atoms with Crippen LogP contribution in [0.1, 0.15) is 12.8 Å². The number of carbonyl (C=O) groups is 1. The van der Waals surface area contributed by atoms with Gasteiger partial charge in [0.2, 0.25) is 0 Å². The molecule has 1 N–H and O–H groups in total. The van der Waals surface area contributed by atoms with Gasteiger partial charge < -0.3 is 14.7 Å².